The number of hydrogen-bond acceptors (Lipinski definition) is 5. The van der Waals surface area contributed by atoms with Gasteiger partial charge in [-0.1, -0.05) is 0 Å². The number of ether oxygens (including phenoxy) is 1. The molecule has 94 valence electrons. The van der Waals surface area contributed by atoms with Gasteiger partial charge in [-0.2, -0.15) is 0 Å². The van der Waals surface area contributed by atoms with E-state index in [1.165, 1.54) is 0 Å². The van der Waals surface area contributed by atoms with Crippen molar-refractivity contribution in [1.82, 2.24) is 9.88 Å². The number of nitrogens with zero attached hydrogens (tertiary/aromatic N) is 2. The highest BCUT2D eigenvalue weighted by molar-refractivity contribution is 7.09. The van der Waals surface area contributed by atoms with Crippen molar-refractivity contribution in [2.45, 2.75) is 25.5 Å². The maximum atomic E-state index is 10.4. The Morgan fingerprint density at radius 1 is 1.76 bits per heavy atom. The third kappa shape index (κ3) is 2.83. The maximum absolute atomic E-state index is 10.4. The zero-order valence-electron chi connectivity index (χ0n) is 9.92. The summed E-state index contributed by atoms with van der Waals surface area (Å²) in [5.41, 5.74) is -0.329. The van der Waals surface area contributed by atoms with Crippen LogP contribution in [0, 0.1) is 0 Å². The van der Waals surface area contributed by atoms with Crippen LogP contribution in [0.1, 0.15) is 24.9 Å². The van der Waals surface area contributed by atoms with Crippen molar-refractivity contribution in [3.63, 3.8) is 0 Å². The van der Waals surface area contributed by atoms with Gasteiger partial charge in [0.1, 0.15) is 11.6 Å². The van der Waals surface area contributed by atoms with Crippen LogP contribution in [0.25, 0.3) is 0 Å². The fraction of sp³-hybridized carbons (Fsp3) is 0.636. The van der Waals surface area contributed by atoms with E-state index < -0.39 is 5.97 Å². The van der Waals surface area contributed by atoms with E-state index in [0.29, 0.717) is 0 Å². The predicted octanol–water partition coefficient (Wildman–Crippen LogP) is 1.38. The lowest BCUT2D eigenvalue weighted by atomic mass is 9.94. The average Bonchev–Trinajstić information content (AvgIpc) is 2.74. The first-order valence-corrected chi connectivity index (χ1v) is 6.37. The zero-order chi connectivity index (χ0) is 12.5. The minimum atomic E-state index is -0.919. The van der Waals surface area contributed by atoms with Crippen LogP contribution in [0.4, 0.5) is 0 Å². The van der Waals surface area contributed by atoms with E-state index in [0.717, 1.165) is 18.1 Å². The molecule has 6 heteroatoms. The molecular weight excluding hydrogens is 240 g/mol. The Hall–Kier alpha value is -0.980. The standard InChI is InChI=1S/C11H16N2O3S/c1-8(10-12-3-4-17-10)13-6-11(2,7-13)16-5-9(14)15/h3-4,8H,5-7H2,1-2H3,(H,14,15). The molecule has 0 saturated carbocycles. The van der Waals surface area contributed by atoms with Gasteiger partial charge in [-0.05, 0) is 13.8 Å². The van der Waals surface area contributed by atoms with Crippen molar-refractivity contribution in [3.8, 4) is 0 Å². The number of likely N-dealkylation sites (tertiary alicyclic amines) is 1. The summed E-state index contributed by atoms with van der Waals surface area (Å²) < 4.78 is 5.37. The minimum absolute atomic E-state index is 0.226. The number of thiazole rings is 1. The van der Waals surface area contributed by atoms with Gasteiger partial charge in [0.05, 0.1) is 11.6 Å². The summed E-state index contributed by atoms with van der Waals surface area (Å²) in [7, 11) is 0. The Labute approximate surface area is 104 Å². The molecule has 17 heavy (non-hydrogen) atoms. The van der Waals surface area contributed by atoms with Gasteiger partial charge in [0, 0.05) is 24.7 Å². The van der Waals surface area contributed by atoms with Crippen LogP contribution < -0.4 is 0 Å². The molecule has 1 aliphatic rings. The number of rotatable bonds is 5. The van der Waals surface area contributed by atoms with Crippen molar-refractivity contribution in [2.75, 3.05) is 19.7 Å². The molecule has 0 radical (unpaired) electrons. The number of carbonyl (C=O) groups is 1. The SMILES string of the molecule is CC(c1nccs1)N1CC(C)(OCC(=O)O)C1. The van der Waals surface area contributed by atoms with Crippen molar-refractivity contribution >= 4 is 17.3 Å². The van der Waals surface area contributed by atoms with E-state index in [4.69, 9.17) is 9.84 Å². The molecule has 5 nitrogen and oxygen atoms in total. The van der Waals surface area contributed by atoms with E-state index in [2.05, 4.69) is 16.8 Å². The topological polar surface area (TPSA) is 62.7 Å². The van der Waals surface area contributed by atoms with Gasteiger partial charge in [-0.3, -0.25) is 4.90 Å². The summed E-state index contributed by atoms with van der Waals surface area (Å²) in [6.07, 6.45) is 1.80. The first-order chi connectivity index (χ1) is 8.00. The molecule has 2 rings (SSSR count). The van der Waals surface area contributed by atoms with Crippen LogP contribution in [0.15, 0.2) is 11.6 Å². The number of hydrogen-bond donors (Lipinski definition) is 1. The molecule has 0 spiro atoms. The molecule has 1 aromatic heterocycles. The molecule has 1 N–H and O–H groups in total. The largest absolute Gasteiger partial charge is 0.480 e. The molecule has 1 saturated heterocycles. The van der Waals surface area contributed by atoms with Crippen molar-refractivity contribution in [2.24, 2.45) is 0 Å². The second kappa shape index (κ2) is 4.72. The van der Waals surface area contributed by atoms with E-state index in [-0.39, 0.29) is 18.2 Å². The summed E-state index contributed by atoms with van der Waals surface area (Å²) >= 11 is 1.64. The van der Waals surface area contributed by atoms with E-state index in [9.17, 15) is 4.79 Å². The van der Waals surface area contributed by atoms with Crippen LogP contribution in [0.3, 0.4) is 0 Å². The Bertz CT molecular complexity index is 387. The number of aliphatic carboxylic acids is 1. The van der Waals surface area contributed by atoms with Crippen molar-refractivity contribution in [3.05, 3.63) is 16.6 Å². The second-order valence-corrected chi connectivity index (χ2v) is 5.51. The lowest BCUT2D eigenvalue weighted by molar-refractivity contribution is -0.169. The molecule has 1 aromatic rings. The Morgan fingerprint density at radius 3 is 3.00 bits per heavy atom. The maximum Gasteiger partial charge on any atom is 0.329 e. The first kappa shape index (κ1) is 12.5. The minimum Gasteiger partial charge on any atom is -0.480 e. The second-order valence-electron chi connectivity index (χ2n) is 4.58. The zero-order valence-corrected chi connectivity index (χ0v) is 10.7. The van der Waals surface area contributed by atoms with Gasteiger partial charge in [0.25, 0.3) is 0 Å². The highest BCUT2D eigenvalue weighted by atomic mass is 32.1. The molecule has 1 unspecified atom stereocenters. The van der Waals surface area contributed by atoms with Crippen molar-refractivity contribution in [1.29, 1.82) is 0 Å². The molecular formula is C11H16N2O3S. The highest BCUT2D eigenvalue weighted by Gasteiger charge is 2.42. The normalized spacial score (nSPS) is 20.8. The summed E-state index contributed by atoms with van der Waals surface area (Å²) in [6.45, 7) is 5.33. The van der Waals surface area contributed by atoms with Crippen LogP contribution in [0.2, 0.25) is 0 Å². The molecule has 1 fully saturated rings. The van der Waals surface area contributed by atoms with Crippen LogP contribution in [0.5, 0.6) is 0 Å². The molecule has 0 bridgehead atoms. The van der Waals surface area contributed by atoms with E-state index in [1.807, 2.05) is 12.3 Å². The summed E-state index contributed by atoms with van der Waals surface area (Å²) in [5, 5.41) is 11.6. The summed E-state index contributed by atoms with van der Waals surface area (Å²) in [6, 6.07) is 0.275. The Balaban J connectivity index is 1.83. The third-order valence-electron chi connectivity index (χ3n) is 2.98. The van der Waals surface area contributed by atoms with Crippen molar-refractivity contribution < 1.29 is 14.6 Å². The third-order valence-corrected chi connectivity index (χ3v) is 3.92. The van der Waals surface area contributed by atoms with Crippen LogP contribution in [-0.4, -0.2) is 46.3 Å². The van der Waals surface area contributed by atoms with Gasteiger partial charge in [-0.25, -0.2) is 9.78 Å². The van der Waals surface area contributed by atoms with Gasteiger partial charge < -0.3 is 9.84 Å². The van der Waals surface area contributed by atoms with E-state index in [1.54, 1.807) is 17.5 Å². The molecule has 1 aliphatic heterocycles. The first-order valence-electron chi connectivity index (χ1n) is 5.49. The molecule has 2 heterocycles. The fourth-order valence-corrected chi connectivity index (χ4v) is 2.74. The lowest BCUT2D eigenvalue weighted by Crippen LogP contribution is -2.62. The fourth-order valence-electron chi connectivity index (χ4n) is 2.01. The highest BCUT2D eigenvalue weighted by Crippen LogP contribution is 2.33. The molecule has 0 aliphatic carbocycles. The molecule has 1 atom stereocenters. The summed E-state index contributed by atoms with van der Waals surface area (Å²) in [4.78, 5) is 17.0. The average molecular weight is 256 g/mol. The molecule has 0 aromatic carbocycles. The smallest absolute Gasteiger partial charge is 0.329 e. The van der Waals surface area contributed by atoms with Crippen LogP contribution >= 0.6 is 11.3 Å². The Kier molecular flexibility index (Phi) is 3.46. The quantitative estimate of drug-likeness (QED) is 0.862. The monoisotopic (exact) mass is 256 g/mol. The van der Waals surface area contributed by atoms with Gasteiger partial charge in [-0.15, -0.1) is 11.3 Å². The summed E-state index contributed by atoms with van der Waals surface area (Å²) in [5.74, 6) is -0.919. The number of carboxylic acids is 1. The molecule has 0 amide bonds. The van der Waals surface area contributed by atoms with Gasteiger partial charge in [0.15, 0.2) is 0 Å². The van der Waals surface area contributed by atoms with Crippen LogP contribution in [-0.2, 0) is 9.53 Å². The lowest BCUT2D eigenvalue weighted by Gasteiger charge is -2.49. The predicted molar refractivity (Wildman–Crippen MR) is 64.1 cm³/mol. The Morgan fingerprint density at radius 2 is 2.47 bits per heavy atom. The number of aromatic nitrogens is 1. The van der Waals surface area contributed by atoms with Gasteiger partial charge in [0.2, 0.25) is 0 Å². The van der Waals surface area contributed by atoms with E-state index >= 15 is 0 Å². The van der Waals surface area contributed by atoms with Gasteiger partial charge >= 0.3 is 5.97 Å². The number of carboxylic acid groups (broad SMARTS) is 1.